The number of hydrogen-bond donors (Lipinski definition) is 1. The number of amides is 1. The van der Waals surface area contributed by atoms with E-state index in [1.54, 1.807) is 0 Å². The van der Waals surface area contributed by atoms with E-state index < -0.39 is 36.5 Å². The molecule has 8 nitrogen and oxygen atoms in total. The van der Waals surface area contributed by atoms with E-state index in [-0.39, 0.29) is 12.5 Å². The quantitative estimate of drug-likeness (QED) is 0.687. The average molecular weight is 289 g/mol. The van der Waals surface area contributed by atoms with E-state index in [4.69, 9.17) is 18.9 Å². The molecule has 1 heterocycles. The van der Waals surface area contributed by atoms with Crippen LogP contribution in [0.3, 0.4) is 0 Å². The van der Waals surface area contributed by atoms with E-state index in [9.17, 15) is 14.4 Å². The predicted molar refractivity (Wildman–Crippen MR) is 65.5 cm³/mol. The first kappa shape index (κ1) is 16.4. The fraction of sp³-hybridized carbons (Fsp3) is 0.750. The van der Waals surface area contributed by atoms with Crippen LogP contribution in [0.2, 0.25) is 0 Å². The first-order valence-electron chi connectivity index (χ1n) is 6.11. The minimum absolute atomic E-state index is 0.0772. The Morgan fingerprint density at radius 2 is 1.60 bits per heavy atom. The molecule has 20 heavy (non-hydrogen) atoms. The Hall–Kier alpha value is -1.67. The average Bonchev–Trinajstić information content (AvgIpc) is 2.31. The number of methoxy groups -OCH3 is 1. The highest BCUT2D eigenvalue weighted by Gasteiger charge is 2.45. The molecule has 0 unspecified atom stereocenters. The lowest BCUT2D eigenvalue weighted by atomic mass is 10.0. The fourth-order valence-electron chi connectivity index (χ4n) is 2.01. The Morgan fingerprint density at radius 3 is 2.05 bits per heavy atom. The van der Waals surface area contributed by atoms with Crippen LogP contribution >= 0.6 is 0 Å². The summed E-state index contributed by atoms with van der Waals surface area (Å²) in [6.45, 7) is 3.86. The summed E-state index contributed by atoms with van der Waals surface area (Å²) in [6, 6.07) is -0.618. The Bertz CT molecular complexity index is 384. The maximum Gasteiger partial charge on any atom is 0.303 e. The lowest BCUT2D eigenvalue weighted by Crippen LogP contribution is -2.61. The monoisotopic (exact) mass is 289 g/mol. The summed E-state index contributed by atoms with van der Waals surface area (Å²) < 4.78 is 20.7. The normalized spacial score (nSPS) is 29.4. The zero-order chi connectivity index (χ0) is 15.3. The zero-order valence-electron chi connectivity index (χ0n) is 11.9. The SMILES string of the molecule is CO[C@H]1OC[C@@H](NC(C)=O)[C@H](OC(C)=O)[C@H]1OC(C)=O. The summed E-state index contributed by atoms with van der Waals surface area (Å²) >= 11 is 0. The molecule has 0 radical (unpaired) electrons. The standard InChI is InChI=1S/C12H19NO7/c1-6(14)13-9-5-18-12(17-4)11(20-8(3)16)10(9)19-7(2)15/h9-12H,5H2,1-4H3,(H,13,14)/t9-,10+,11-,12+/m1/s1. The van der Waals surface area contributed by atoms with Crippen LogP contribution in [0.25, 0.3) is 0 Å². The molecule has 114 valence electrons. The number of nitrogens with one attached hydrogen (secondary N) is 1. The van der Waals surface area contributed by atoms with Gasteiger partial charge in [-0.05, 0) is 0 Å². The first-order chi connectivity index (χ1) is 9.35. The topological polar surface area (TPSA) is 100 Å². The van der Waals surface area contributed by atoms with Gasteiger partial charge in [-0.1, -0.05) is 0 Å². The van der Waals surface area contributed by atoms with Crippen molar-refractivity contribution in [2.45, 2.75) is 45.3 Å². The van der Waals surface area contributed by atoms with Gasteiger partial charge in [-0.15, -0.1) is 0 Å². The molecule has 8 heteroatoms. The van der Waals surface area contributed by atoms with Gasteiger partial charge in [-0.2, -0.15) is 0 Å². The predicted octanol–water partition coefficient (Wildman–Crippen LogP) is -0.643. The van der Waals surface area contributed by atoms with Crippen LogP contribution in [0.15, 0.2) is 0 Å². The minimum atomic E-state index is -0.952. The molecule has 4 atom stereocenters. The van der Waals surface area contributed by atoms with Crippen molar-refractivity contribution in [3.8, 4) is 0 Å². The number of rotatable bonds is 4. The Kier molecular flexibility index (Phi) is 5.90. The summed E-state index contributed by atoms with van der Waals surface area (Å²) in [5.41, 5.74) is 0. The maximum absolute atomic E-state index is 11.2. The molecule has 1 N–H and O–H groups in total. The largest absolute Gasteiger partial charge is 0.456 e. The van der Waals surface area contributed by atoms with Crippen LogP contribution < -0.4 is 5.32 Å². The molecule has 0 aromatic carbocycles. The Balaban J connectivity index is 2.95. The molecular weight excluding hydrogens is 270 g/mol. The van der Waals surface area contributed by atoms with Gasteiger partial charge in [-0.25, -0.2) is 0 Å². The van der Waals surface area contributed by atoms with Crippen molar-refractivity contribution < 1.29 is 33.3 Å². The van der Waals surface area contributed by atoms with Gasteiger partial charge >= 0.3 is 11.9 Å². The molecule has 0 aromatic rings. The van der Waals surface area contributed by atoms with E-state index in [1.807, 2.05) is 0 Å². The van der Waals surface area contributed by atoms with E-state index in [0.717, 1.165) is 0 Å². The van der Waals surface area contributed by atoms with E-state index >= 15 is 0 Å². The summed E-state index contributed by atoms with van der Waals surface area (Å²) in [5.74, 6) is -1.44. The number of hydrogen-bond acceptors (Lipinski definition) is 7. The molecule has 1 amide bonds. The molecule has 0 aromatic heterocycles. The van der Waals surface area contributed by atoms with Crippen molar-refractivity contribution in [2.24, 2.45) is 0 Å². The van der Waals surface area contributed by atoms with Gasteiger partial charge in [0.05, 0.1) is 12.6 Å². The summed E-state index contributed by atoms with van der Waals surface area (Å²) in [6.07, 6.45) is -2.70. The second-order valence-corrected chi connectivity index (χ2v) is 4.39. The molecule has 1 rings (SSSR count). The van der Waals surface area contributed by atoms with Gasteiger partial charge in [0, 0.05) is 27.9 Å². The minimum Gasteiger partial charge on any atom is -0.456 e. The van der Waals surface area contributed by atoms with Crippen LogP contribution in [-0.4, -0.2) is 56.1 Å². The van der Waals surface area contributed by atoms with Crippen LogP contribution in [0, 0.1) is 0 Å². The third-order valence-corrected chi connectivity index (χ3v) is 2.65. The number of carbonyl (C=O) groups excluding carboxylic acids is 3. The van der Waals surface area contributed by atoms with Crippen LogP contribution in [0.1, 0.15) is 20.8 Å². The molecule has 1 aliphatic heterocycles. The van der Waals surface area contributed by atoms with E-state index in [0.29, 0.717) is 0 Å². The lowest BCUT2D eigenvalue weighted by Gasteiger charge is -2.40. The second kappa shape index (κ2) is 7.20. The van der Waals surface area contributed by atoms with Crippen molar-refractivity contribution in [2.75, 3.05) is 13.7 Å². The zero-order valence-corrected chi connectivity index (χ0v) is 11.9. The third kappa shape index (κ3) is 4.46. The van der Waals surface area contributed by atoms with Crippen molar-refractivity contribution in [1.82, 2.24) is 5.32 Å². The first-order valence-corrected chi connectivity index (χ1v) is 6.11. The second-order valence-electron chi connectivity index (χ2n) is 4.39. The molecule has 0 saturated carbocycles. The maximum atomic E-state index is 11.2. The molecular formula is C12H19NO7. The summed E-state index contributed by atoms with van der Waals surface area (Å²) in [5, 5.41) is 2.60. The van der Waals surface area contributed by atoms with Gasteiger partial charge in [-0.3, -0.25) is 14.4 Å². The van der Waals surface area contributed by atoms with Gasteiger partial charge < -0.3 is 24.3 Å². The van der Waals surface area contributed by atoms with Crippen molar-refractivity contribution in [3.05, 3.63) is 0 Å². The van der Waals surface area contributed by atoms with E-state index in [2.05, 4.69) is 5.32 Å². The summed E-state index contributed by atoms with van der Waals surface area (Å²) in [7, 11) is 1.38. The molecule has 0 aliphatic carbocycles. The van der Waals surface area contributed by atoms with Crippen molar-refractivity contribution >= 4 is 17.8 Å². The Morgan fingerprint density at radius 1 is 1.05 bits per heavy atom. The van der Waals surface area contributed by atoms with Crippen LogP contribution in [-0.2, 0) is 33.3 Å². The molecule has 1 saturated heterocycles. The van der Waals surface area contributed by atoms with Gasteiger partial charge in [0.25, 0.3) is 0 Å². The van der Waals surface area contributed by atoms with Gasteiger partial charge in [0.2, 0.25) is 5.91 Å². The van der Waals surface area contributed by atoms with E-state index in [1.165, 1.54) is 27.9 Å². The van der Waals surface area contributed by atoms with Crippen LogP contribution in [0.4, 0.5) is 0 Å². The number of esters is 2. The van der Waals surface area contributed by atoms with Crippen molar-refractivity contribution in [1.29, 1.82) is 0 Å². The third-order valence-electron chi connectivity index (χ3n) is 2.65. The fourth-order valence-corrected chi connectivity index (χ4v) is 2.01. The van der Waals surface area contributed by atoms with Gasteiger partial charge in [0.1, 0.15) is 0 Å². The molecule has 0 bridgehead atoms. The molecule has 1 aliphatic rings. The highest BCUT2D eigenvalue weighted by Crippen LogP contribution is 2.22. The Labute approximate surface area is 116 Å². The van der Waals surface area contributed by atoms with Crippen molar-refractivity contribution in [3.63, 3.8) is 0 Å². The molecule has 1 fully saturated rings. The number of carbonyl (C=O) groups is 3. The summed E-state index contributed by atoms with van der Waals surface area (Å²) in [4.78, 5) is 33.6. The lowest BCUT2D eigenvalue weighted by molar-refractivity contribution is -0.254. The number of ether oxygens (including phenoxy) is 4. The highest BCUT2D eigenvalue weighted by molar-refractivity contribution is 5.73. The highest BCUT2D eigenvalue weighted by atomic mass is 16.7. The van der Waals surface area contributed by atoms with Gasteiger partial charge in [0.15, 0.2) is 18.5 Å². The smallest absolute Gasteiger partial charge is 0.303 e. The molecule has 0 spiro atoms. The van der Waals surface area contributed by atoms with Crippen LogP contribution in [0.5, 0.6) is 0 Å².